The van der Waals surface area contributed by atoms with Crippen molar-refractivity contribution in [1.29, 1.82) is 0 Å². The van der Waals surface area contributed by atoms with Crippen molar-refractivity contribution in [1.82, 2.24) is 19.9 Å². The van der Waals surface area contributed by atoms with Gasteiger partial charge in [0.25, 0.3) is 0 Å². The topological polar surface area (TPSA) is 72.8 Å². The molecule has 35 heavy (non-hydrogen) atoms. The molecule has 0 unspecified atom stereocenters. The normalized spacial score (nSPS) is 14.8. The molecule has 1 aliphatic rings. The minimum atomic E-state index is -4.64. The lowest BCUT2D eigenvalue weighted by Crippen LogP contribution is -2.12. The standard InChI is InChI=1S/C25H23F4N5O/c1-15-3-8-21(20(26)12-18(11-15)25(27,28)29)35-19-6-4-17(5-7-19)9-10-30-23-22-24(33-14-32-23)31-13-16(2)34-22/h4-7,11-14H,3,8-10H2,1-2H3,(H,30,31,32,33). The first kappa shape index (κ1) is 24.3. The second-order valence-corrected chi connectivity index (χ2v) is 8.19. The number of aromatic nitrogens is 4. The Hall–Kier alpha value is -3.82. The number of nitrogens with one attached hydrogen (secondary N) is 1. The van der Waals surface area contributed by atoms with Gasteiger partial charge in [0.15, 0.2) is 22.8 Å². The van der Waals surface area contributed by atoms with Crippen LogP contribution in [0.3, 0.4) is 0 Å². The van der Waals surface area contributed by atoms with Crippen LogP contribution in [0.1, 0.15) is 31.0 Å². The van der Waals surface area contributed by atoms with Gasteiger partial charge in [0.05, 0.1) is 17.5 Å². The smallest absolute Gasteiger partial charge is 0.416 e. The SMILES string of the molecule is CC1=CC(C(F)(F)F)=CC(F)=C(Oc2ccc(CCNc3ncnc4ncc(C)nc34)cc2)CC1. The lowest BCUT2D eigenvalue weighted by molar-refractivity contribution is -0.0884. The van der Waals surface area contributed by atoms with E-state index in [4.69, 9.17) is 4.74 Å². The molecule has 1 aliphatic carbocycles. The Morgan fingerprint density at radius 3 is 2.51 bits per heavy atom. The molecule has 4 rings (SSSR count). The maximum Gasteiger partial charge on any atom is 0.416 e. The molecule has 6 nitrogen and oxygen atoms in total. The van der Waals surface area contributed by atoms with Gasteiger partial charge in [0, 0.05) is 13.0 Å². The second kappa shape index (κ2) is 10.2. The van der Waals surface area contributed by atoms with E-state index in [1.807, 2.05) is 19.1 Å². The van der Waals surface area contributed by atoms with Gasteiger partial charge in [-0.2, -0.15) is 13.2 Å². The Bertz CT molecular complexity index is 1310. The minimum Gasteiger partial charge on any atom is -0.459 e. The van der Waals surface area contributed by atoms with Gasteiger partial charge >= 0.3 is 6.18 Å². The minimum absolute atomic E-state index is 0.124. The number of aryl methyl sites for hydroxylation is 1. The van der Waals surface area contributed by atoms with Crippen LogP contribution in [-0.2, 0) is 6.42 Å². The third kappa shape index (κ3) is 6.20. The highest BCUT2D eigenvalue weighted by atomic mass is 19.4. The fourth-order valence-electron chi connectivity index (χ4n) is 3.54. The second-order valence-electron chi connectivity index (χ2n) is 8.19. The molecule has 0 fully saturated rings. The van der Waals surface area contributed by atoms with Crippen LogP contribution in [0.4, 0.5) is 23.4 Å². The van der Waals surface area contributed by atoms with Crippen LogP contribution < -0.4 is 10.1 Å². The maximum atomic E-state index is 14.5. The molecule has 0 aliphatic heterocycles. The van der Waals surface area contributed by atoms with Crippen molar-refractivity contribution < 1.29 is 22.3 Å². The number of halogens is 4. The number of benzene rings is 1. The highest BCUT2D eigenvalue weighted by Gasteiger charge is 2.33. The van der Waals surface area contributed by atoms with Crippen LogP contribution in [-0.4, -0.2) is 32.7 Å². The van der Waals surface area contributed by atoms with E-state index < -0.39 is 17.6 Å². The fourth-order valence-corrected chi connectivity index (χ4v) is 3.54. The molecule has 3 aromatic rings. The summed E-state index contributed by atoms with van der Waals surface area (Å²) in [6.07, 6.45) is 0.971. The molecule has 182 valence electrons. The van der Waals surface area contributed by atoms with Gasteiger partial charge in [-0.05, 0) is 50.5 Å². The molecule has 2 aromatic heterocycles. The number of anilines is 1. The van der Waals surface area contributed by atoms with Crippen LogP contribution in [0.2, 0.25) is 0 Å². The monoisotopic (exact) mass is 485 g/mol. The molecule has 2 heterocycles. The quantitative estimate of drug-likeness (QED) is 0.421. The highest BCUT2D eigenvalue weighted by Crippen LogP contribution is 2.33. The molecule has 10 heteroatoms. The largest absolute Gasteiger partial charge is 0.459 e. The summed E-state index contributed by atoms with van der Waals surface area (Å²) in [7, 11) is 0. The van der Waals surface area contributed by atoms with Crippen molar-refractivity contribution in [3.63, 3.8) is 0 Å². The van der Waals surface area contributed by atoms with E-state index in [-0.39, 0.29) is 18.6 Å². The van der Waals surface area contributed by atoms with Gasteiger partial charge in [-0.3, -0.25) is 0 Å². The summed E-state index contributed by atoms with van der Waals surface area (Å²) in [6.45, 7) is 3.99. The zero-order chi connectivity index (χ0) is 25.0. The van der Waals surface area contributed by atoms with E-state index in [0.29, 0.717) is 47.3 Å². The number of hydrogen-bond acceptors (Lipinski definition) is 6. The molecule has 0 spiro atoms. The number of allylic oxidation sites excluding steroid dienone is 6. The van der Waals surface area contributed by atoms with Crippen molar-refractivity contribution in [3.8, 4) is 5.75 Å². The molecular weight excluding hydrogens is 462 g/mol. The molecule has 0 saturated heterocycles. The number of fused-ring (bicyclic) bond motifs is 1. The van der Waals surface area contributed by atoms with Gasteiger partial charge < -0.3 is 10.1 Å². The van der Waals surface area contributed by atoms with Crippen LogP contribution in [0.25, 0.3) is 11.2 Å². The highest BCUT2D eigenvalue weighted by molar-refractivity contribution is 5.81. The zero-order valence-electron chi connectivity index (χ0n) is 19.2. The lowest BCUT2D eigenvalue weighted by Gasteiger charge is -2.16. The summed E-state index contributed by atoms with van der Waals surface area (Å²) < 4.78 is 59.6. The van der Waals surface area contributed by atoms with Crippen molar-refractivity contribution in [2.75, 3.05) is 11.9 Å². The van der Waals surface area contributed by atoms with E-state index in [0.717, 1.165) is 17.3 Å². The molecule has 0 saturated carbocycles. The predicted octanol–water partition coefficient (Wildman–Crippen LogP) is 6.17. The number of alkyl halides is 3. The summed E-state index contributed by atoms with van der Waals surface area (Å²) in [5.41, 5.74) is 2.32. The third-order valence-electron chi connectivity index (χ3n) is 5.36. The molecule has 0 bridgehead atoms. The summed E-state index contributed by atoms with van der Waals surface area (Å²) in [5.74, 6) is -0.206. The fraction of sp³-hybridized carbons (Fsp3) is 0.280. The maximum absolute atomic E-state index is 14.5. The molecular formula is C25H23F4N5O. The Morgan fingerprint density at radius 1 is 1.00 bits per heavy atom. The average Bonchev–Trinajstić information content (AvgIpc) is 2.81. The summed E-state index contributed by atoms with van der Waals surface area (Å²) in [6, 6.07) is 6.98. The Balaban J connectivity index is 1.40. The third-order valence-corrected chi connectivity index (χ3v) is 5.36. The van der Waals surface area contributed by atoms with E-state index in [1.54, 1.807) is 25.3 Å². The van der Waals surface area contributed by atoms with Crippen molar-refractivity contribution >= 4 is 17.0 Å². The van der Waals surface area contributed by atoms with E-state index in [1.165, 1.54) is 6.33 Å². The molecule has 1 N–H and O–H groups in total. The van der Waals surface area contributed by atoms with Crippen LogP contribution in [0.15, 0.2) is 71.7 Å². The number of nitrogens with zero attached hydrogens (tertiary/aromatic N) is 4. The van der Waals surface area contributed by atoms with Crippen LogP contribution in [0.5, 0.6) is 5.75 Å². The summed E-state index contributed by atoms with van der Waals surface area (Å²) in [5, 5.41) is 3.24. The first-order valence-corrected chi connectivity index (χ1v) is 11.0. The molecule has 1 aromatic carbocycles. The Labute approximate surface area is 199 Å². The summed E-state index contributed by atoms with van der Waals surface area (Å²) >= 11 is 0. The summed E-state index contributed by atoms with van der Waals surface area (Å²) in [4.78, 5) is 17.0. The van der Waals surface area contributed by atoms with E-state index in [9.17, 15) is 17.6 Å². The van der Waals surface area contributed by atoms with Crippen molar-refractivity contribution in [2.24, 2.45) is 0 Å². The van der Waals surface area contributed by atoms with Gasteiger partial charge in [0.1, 0.15) is 17.8 Å². The first-order valence-electron chi connectivity index (χ1n) is 11.0. The van der Waals surface area contributed by atoms with Gasteiger partial charge in [-0.15, -0.1) is 0 Å². The van der Waals surface area contributed by atoms with E-state index >= 15 is 0 Å². The van der Waals surface area contributed by atoms with Crippen molar-refractivity contribution in [3.05, 3.63) is 82.9 Å². The van der Waals surface area contributed by atoms with Gasteiger partial charge in [0.2, 0.25) is 0 Å². The van der Waals surface area contributed by atoms with Crippen LogP contribution in [0, 0.1) is 6.92 Å². The molecule has 0 amide bonds. The number of hydrogen-bond donors (Lipinski definition) is 1. The van der Waals surface area contributed by atoms with Crippen LogP contribution >= 0.6 is 0 Å². The average molecular weight is 485 g/mol. The van der Waals surface area contributed by atoms with Gasteiger partial charge in [-0.1, -0.05) is 23.8 Å². The Kier molecular flexibility index (Phi) is 7.09. The first-order chi connectivity index (χ1) is 16.7. The molecule has 0 atom stereocenters. The van der Waals surface area contributed by atoms with E-state index in [2.05, 4.69) is 25.3 Å². The molecule has 0 radical (unpaired) electrons. The number of ether oxygens (including phenoxy) is 1. The lowest BCUT2D eigenvalue weighted by atomic mass is 10.0. The Morgan fingerprint density at radius 2 is 1.77 bits per heavy atom. The predicted molar refractivity (Wildman–Crippen MR) is 124 cm³/mol. The zero-order valence-corrected chi connectivity index (χ0v) is 19.2. The van der Waals surface area contributed by atoms with Gasteiger partial charge in [-0.25, -0.2) is 24.3 Å². The number of rotatable bonds is 6. The van der Waals surface area contributed by atoms with Crippen molar-refractivity contribution in [2.45, 2.75) is 39.3 Å².